The first-order valence-electron chi connectivity index (χ1n) is 6.58. The van der Waals surface area contributed by atoms with Crippen LogP contribution in [0.1, 0.15) is 33.1 Å². The van der Waals surface area contributed by atoms with Gasteiger partial charge in [0.1, 0.15) is 0 Å². The molecule has 0 radical (unpaired) electrons. The Balaban J connectivity index is 1.79. The molecule has 2 aliphatic rings. The monoisotopic (exact) mass is 239 g/mol. The molecule has 2 aliphatic carbocycles. The summed E-state index contributed by atoms with van der Waals surface area (Å²) in [6, 6.07) is 0.456. The molecule has 2 fully saturated rings. The van der Waals surface area contributed by atoms with E-state index in [1.165, 1.54) is 12.8 Å². The molecule has 2 atom stereocenters. The van der Waals surface area contributed by atoms with E-state index in [0.29, 0.717) is 12.1 Å². The zero-order valence-corrected chi connectivity index (χ0v) is 11.4. The molecule has 0 saturated heterocycles. The molecule has 2 saturated carbocycles. The lowest BCUT2D eigenvalue weighted by atomic mass is 9.64. The van der Waals surface area contributed by atoms with Crippen LogP contribution in [0, 0.1) is 11.3 Å². The van der Waals surface area contributed by atoms with Crippen LogP contribution in [0.3, 0.4) is 0 Å². The number of hydrogen-bond donors (Lipinski definition) is 2. The third-order valence-corrected chi connectivity index (χ3v) is 4.25. The molecular formula is C13H25N3O. The number of guanidine groups is 1. The molecule has 0 bridgehead atoms. The molecule has 2 rings (SSSR count). The third kappa shape index (κ3) is 2.73. The van der Waals surface area contributed by atoms with Gasteiger partial charge in [0.2, 0.25) is 0 Å². The van der Waals surface area contributed by atoms with E-state index in [4.69, 9.17) is 4.74 Å². The fraction of sp³-hybridized carbons (Fsp3) is 0.923. The van der Waals surface area contributed by atoms with Gasteiger partial charge in [0.05, 0.1) is 6.10 Å². The second kappa shape index (κ2) is 4.84. The van der Waals surface area contributed by atoms with Gasteiger partial charge in [-0.05, 0) is 25.2 Å². The van der Waals surface area contributed by atoms with E-state index >= 15 is 0 Å². The van der Waals surface area contributed by atoms with Gasteiger partial charge in [-0.2, -0.15) is 0 Å². The molecule has 0 aromatic rings. The van der Waals surface area contributed by atoms with E-state index in [2.05, 4.69) is 29.5 Å². The minimum Gasteiger partial charge on any atom is -0.381 e. The maximum atomic E-state index is 5.45. The second-order valence-electron chi connectivity index (χ2n) is 5.87. The Hall–Kier alpha value is -0.770. The zero-order valence-electron chi connectivity index (χ0n) is 11.4. The summed E-state index contributed by atoms with van der Waals surface area (Å²) in [7, 11) is 3.63. The largest absolute Gasteiger partial charge is 0.381 e. The van der Waals surface area contributed by atoms with Crippen LogP contribution in [0.15, 0.2) is 4.99 Å². The average molecular weight is 239 g/mol. The van der Waals surface area contributed by atoms with Crippen molar-refractivity contribution >= 4 is 5.96 Å². The number of methoxy groups -OCH3 is 1. The highest BCUT2D eigenvalue weighted by molar-refractivity contribution is 5.80. The summed E-state index contributed by atoms with van der Waals surface area (Å²) < 4.78 is 5.45. The predicted molar refractivity (Wildman–Crippen MR) is 70.2 cm³/mol. The summed E-state index contributed by atoms with van der Waals surface area (Å²) in [5, 5.41) is 6.90. The van der Waals surface area contributed by atoms with Gasteiger partial charge in [-0.1, -0.05) is 13.8 Å². The molecule has 0 heterocycles. The average Bonchev–Trinajstić information content (AvgIpc) is 3.11. The molecule has 0 aromatic carbocycles. The fourth-order valence-electron chi connectivity index (χ4n) is 2.45. The van der Waals surface area contributed by atoms with Crippen molar-refractivity contribution in [2.75, 3.05) is 20.7 Å². The van der Waals surface area contributed by atoms with Gasteiger partial charge >= 0.3 is 0 Å². The van der Waals surface area contributed by atoms with Crippen LogP contribution in [-0.2, 0) is 4.74 Å². The van der Waals surface area contributed by atoms with Gasteiger partial charge in [0.15, 0.2) is 5.96 Å². The summed E-state index contributed by atoms with van der Waals surface area (Å²) in [5.41, 5.74) is 0.186. The smallest absolute Gasteiger partial charge is 0.191 e. The van der Waals surface area contributed by atoms with Crippen LogP contribution in [0.25, 0.3) is 0 Å². The summed E-state index contributed by atoms with van der Waals surface area (Å²) >= 11 is 0. The molecule has 0 aromatic heterocycles. The van der Waals surface area contributed by atoms with Gasteiger partial charge in [-0.15, -0.1) is 0 Å². The van der Waals surface area contributed by atoms with Crippen LogP contribution >= 0.6 is 0 Å². The quantitative estimate of drug-likeness (QED) is 0.575. The standard InChI is InChI=1S/C13H25N3O/c1-13(2)10(7-11(13)17-4)16-12(14-3)15-8-9-5-6-9/h9-11H,5-8H2,1-4H3,(H2,14,15,16). The zero-order chi connectivity index (χ0) is 12.5. The van der Waals surface area contributed by atoms with Gasteiger partial charge in [-0.3, -0.25) is 4.99 Å². The first kappa shape index (κ1) is 12.7. The van der Waals surface area contributed by atoms with Gasteiger partial charge in [-0.25, -0.2) is 0 Å². The molecule has 2 unspecified atom stereocenters. The lowest BCUT2D eigenvalue weighted by Gasteiger charge is -2.51. The Bertz CT molecular complexity index is 297. The van der Waals surface area contributed by atoms with Gasteiger partial charge < -0.3 is 15.4 Å². The first-order chi connectivity index (χ1) is 8.07. The van der Waals surface area contributed by atoms with Crippen molar-refractivity contribution < 1.29 is 4.74 Å². The van der Waals surface area contributed by atoms with Crippen LogP contribution in [-0.4, -0.2) is 38.8 Å². The van der Waals surface area contributed by atoms with Gasteiger partial charge in [0, 0.05) is 32.2 Å². The summed E-state index contributed by atoms with van der Waals surface area (Å²) in [4.78, 5) is 4.28. The Morgan fingerprint density at radius 3 is 2.59 bits per heavy atom. The number of rotatable bonds is 4. The number of ether oxygens (including phenoxy) is 1. The highest BCUT2D eigenvalue weighted by Gasteiger charge is 2.48. The molecule has 0 amide bonds. The molecule has 98 valence electrons. The van der Waals surface area contributed by atoms with Crippen molar-refractivity contribution in [1.82, 2.24) is 10.6 Å². The Kier molecular flexibility index (Phi) is 3.61. The minimum atomic E-state index is 0.186. The topological polar surface area (TPSA) is 45.7 Å². The highest BCUT2D eigenvalue weighted by atomic mass is 16.5. The minimum absolute atomic E-state index is 0.186. The van der Waals surface area contributed by atoms with E-state index in [1.807, 2.05) is 7.05 Å². The predicted octanol–water partition coefficient (Wildman–Crippen LogP) is 1.37. The maximum Gasteiger partial charge on any atom is 0.191 e. The number of hydrogen-bond acceptors (Lipinski definition) is 2. The molecule has 4 nitrogen and oxygen atoms in total. The van der Waals surface area contributed by atoms with E-state index in [1.54, 1.807) is 7.11 Å². The molecule has 4 heteroatoms. The Labute approximate surface area is 104 Å². The Morgan fingerprint density at radius 1 is 1.41 bits per heavy atom. The summed E-state index contributed by atoms with van der Waals surface area (Å²) in [6.07, 6.45) is 4.16. The summed E-state index contributed by atoms with van der Waals surface area (Å²) in [6.45, 7) is 5.55. The van der Waals surface area contributed by atoms with Crippen LogP contribution < -0.4 is 10.6 Å². The van der Waals surface area contributed by atoms with Crippen LogP contribution in [0.2, 0.25) is 0 Å². The second-order valence-corrected chi connectivity index (χ2v) is 5.87. The number of aliphatic imine (C=N–C) groups is 1. The fourth-order valence-corrected chi connectivity index (χ4v) is 2.45. The van der Waals surface area contributed by atoms with Crippen molar-refractivity contribution in [3.8, 4) is 0 Å². The van der Waals surface area contributed by atoms with Crippen molar-refractivity contribution in [2.24, 2.45) is 16.3 Å². The number of nitrogens with one attached hydrogen (secondary N) is 2. The van der Waals surface area contributed by atoms with E-state index in [-0.39, 0.29) is 5.41 Å². The van der Waals surface area contributed by atoms with Crippen molar-refractivity contribution in [2.45, 2.75) is 45.3 Å². The Morgan fingerprint density at radius 2 is 2.12 bits per heavy atom. The van der Waals surface area contributed by atoms with E-state index in [0.717, 1.165) is 24.8 Å². The summed E-state index contributed by atoms with van der Waals surface area (Å²) in [5.74, 6) is 1.80. The molecule has 0 spiro atoms. The normalized spacial score (nSPS) is 31.9. The highest BCUT2D eigenvalue weighted by Crippen LogP contribution is 2.42. The van der Waals surface area contributed by atoms with Crippen LogP contribution in [0.5, 0.6) is 0 Å². The van der Waals surface area contributed by atoms with E-state index < -0.39 is 0 Å². The lowest BCUT2D eigenvalue weighted by Crippen LogP contribution is -2.63. The maximum absolute atomic E-state index is 5.45. The van der Waals surface area contributed by atoms with E-state index in [9.17, 15) is 0 Å². The van der Waals surface area contributed by atoms with Crippen molar-refractivity contribution in [3.63, 3.8) is 0 Å². The molecular weight excluding hydrogens is 214 g/mol. The molecule has 17 heavy (non-hydrogen) atoms. The van der Waals surface area contributed by atoms with Gasteiger partial charge in [0.25, 0.3) is 0 Å². The lowest BCUT2D eigenvalue weighted by molar-refractivity contribution is -0.0922. The third-order valence-electron chi connectivity index (χ3n) is 4.25. The molecule has 2 N–H and O–H groups in total. The SMILES string of the molecule is CN=C(NCC1CC1)NC1CC(OC)C1(C)C. The van der Waals surface area contributed by atoms with Crippen molar-refractivity contribution in [1.29, 1.82) is 0 Å². The molecule has 0 aliphatic heterocycles. The van der Waals surface area contributed by atoms with Crippen molar-refractivity contribution in [3.05, 3.63) is 0 Å². The van der Waals surface area contributed by atoms with Crippen LogP contribution in [0.4, 0.5) is 0 Å². The first-order valence-corrected chi connectivity index (χ1v) is 6.58. The number of nitrogens with zero attached hydrogens (tertiary/aromatic N) is 1.